The summed E-state index contributed by atoms with van der Waals surface area (Å²) in [6, 6.07) is 9.16. The number of ether oxygens (including phenoxy) is 2. The fourth-order valence-electron chi connectivity index (χ4n) is 2.70. The maximum absolute atomic E-state index is 12.8. The van der Waals surface area contributed by atoms with Crippen LogP contribution in [0.15, 0.2) is 41.7 Å². The van der Waals surface area contributed by atoms with Crippen LogP contribution in [0.2, 0.25) is 0 Å². The number of anilines is 2. The molecule has 1 aliphatic heterocycles. The molecule has 1 heterocycles. The van der Waals surface area contributed by atoms with Crippen molar-refractivity contribution in [3.8, 4) is 22.6 Å². The molecular weight excluding hydrogens is 337 g/mol. The van der Waals surface area contributed by atoms with Gasteiger partial charge in [-0.15, -0.1) is 18.1 Å². The molecule has 0 aromatic heterocycles. The number of halogens is 3. The summed E-state index contributed by atoms with van der Waals surface area (Å²) in [5.74, 6) is 0.426. The van der Waals surface area contributed by atoms with Crippen LogP contribution in [-0.2, 0) is 0 Å². The third-order valence-corrected chi connectivity index (χ3v) is 4.14. The standard InChI is InChI=1S/C17H13F3N2O3/c18-17(19,20)25-15-3-1-2-14(24-9-10-4-5-10)16(15)11-6-7-12-13(8-11)22(12)21-23/h1-3,6-8,10H,4-5,9H2. The van der Waals surface area contributed by atoms with Gasteiger partial charge in [0.2, 0.25) is 0 Å². The fourth-order valence-corrected chi connectivity index (χ4v) is 2.70. The maximum atomic E-state index is 12.8. The van der Waals surface area contributed by atoms with Crippen molar-refractivity contribution >= 4 is 11.4 Å². The van der Waals surface area contributed by atoms with Gasteiger partial charge in [0.15, 0.2) is 0 Å². The van der Waals surface area contributed by atoms with E-state index >= 15 is 0 Å². The topological polar surface area (TPSA) is 50.9 Å². The van der Waals surface area contributed by atoms with Crippen LogP contribution < -0.4 is 14.5 Å². The maximum Gasteiger partial charge on any atom is 0.573 e. The molecule has 0 atom stereocenters. The van der Waals surface area contributed by atoms with Gasteiger partial charge in [0.05, 0.1) is 28.8 Å². The van der Waals surface area contributed by atoms with Gasteiger partial charge in [-0.2, -0.15) is 5.01 Å². The van der Waals surface area contributed by atoms with Gasteiger partial charge in [-0.25, -0.2) is 0 Å². The van der Waals surface area contributed by atoms with Gasteiger partial charge in [-0.05, 0) is 48.6 Å². The van der Waals surface area contributed by atoms with Gasteiger partial charge in [0, 0.05) is 0 Å². The zero-order valence-corrected chi connectivity index (χ0v) is 12.9. The molecule has 0 radical (unpaired) electrons. The molecule has 1 fully saturated rings. The molecule has 4 rings (SSSR count). The van der Waals surface area contributed by atoms with Crippen molar-refractivity contribution in [3.05, 3.63) is 41.3 Å². The highest BCUT2D eigenvalue weighted by atomic mass is 19.4. The molecule has 1 saturated carbocycles. The Hall–Kier alpha value is -2.77. The van der Waals surface area contributed by atoms with Gasteiger partial charge in [-0.1, -0.05) is 12.1 Å². The quantitative estimate of drug-likeness (QED) is 0.532. The third kappa shape index (κ3) is 3.24. The van der Waals surface area contributed by atoms with Gasteiger partial charge in [0.25, 0.3) is 0 Å². The minimum Gasteiger partial charge on any atom is -0.493 e. The van der Waals surface area contributed by atoms with Crippen molar-refractivity contribution < 1.29 is 22.6 Å². The number of hydrogen-bond donors (Lipinski definition) is 0. The van der Waals surface area contributed by atoms with Crippen molar-refractivity contribution in [2.45, 2.75) is 19.2 Å². The first kappa shape index (κ1) is 15.7. The van der Waals surface area contributed by atoms with Gasteiger partial charge in [0.1, 0.15) is 11.5 Å². The van der Waals surface area contributed by atoms with Crippen LogP contribution in [0.25, 0.3) is 11.1 Å². The molecule has 8 heteroatoms. The van der Waals surface area contributed by atoms with E-state index in [0.717, 1.165) is 12.8 Å². The van der Waals surface area contributed by atoms with Crippen LogP contribution in [0.3, 0.4) is 0 Å². The van der Waals surface area contributed by atoms with Crippen LogP contribution in [0.4, 0.5) is 24.5 Å². The summed E-state index contributed by atoms with van der Waals surface area (Å²) < 4.78 is 48.2. The lowest BCUT2D eigenvalue weighted by Crippen LogP contribution is -2.18. The van der Waals surface area contributed by atoms with Crippen molar-refractivity contribution in [1.29, 1.82) is 0 Å². The first-order valence-corrected chi connectivity index (χ1v) is 7.75. The van der Waals surface area contributed by atoms with Crippen molar-refractivity contribution in [3.63, 3.8) is 0 Å². The highest BCUT2D eigenvalue weighted by Gasteiger charge is 2.35. The largest absolute Gasteiger partial charge is 0.573 e. The smallest absolute Gasteiger partial charge is 0.493 e. The van der Waals surface area contributed by atoms with Crippen molar-refractivity contribution in [2.75, 3.05) is 11.6 Å². The van der Waals surface area contributed by atoms with Crippen LogP contribution in [0.1, 0.15) is 12.8 Å². The van der Waals surface area contributed by atoms with E-state index in [1.54, 1.807) is 24.3 Å². The molecule has 130 valence electrons. The first-order chi connectivity index (χ1) is 12.0. The lowest BCUT2D eigenvalue weighted by Gasteiger charge is -2.17. The summed E-state index contributed by atoms with van der Waals surface area (Å²) in [6.45, 7) is 0.454. The summed E-state index contributed by atoms with van der Waals surface area (Å²) in [6.07, 6.45) is -2.69. The molecule has 0 N–H and O–H groups in total. The number of hydrogen-bond acceptors (Lipinski definition) is 4. The number of alkyl halides is 3. The van der Waals surface area contributed by atoms with E-state index in [2.05, 4.69) is 10.0 Å². The molecule has 25 heavy (non-hydrogen) atoms. The Bertz CT molecular complexity index is 834. The second kappa shape index (κ2) is 5.65. The zero-order valence-electron chi connectivity index (χ0n) is 12.9. The predicted octanol–water partition coefficient (Wildman–Crippen LogP) is 5.17. The molecule has 2 aliphatic rings. The van der Waals surface area contributed by atoms with Gasteiger partial charge < -0.3 is 9.47 Å². The van der Waals surface area contributed by atoms with Crippen molar-refractivity contribution in [2.24, 2.45) is 11.2 Å². The average molecular weight is 350 g/mol. The summed E-state index contributed by atoms with van der Waals surface area (Å²) in [4.78, 5) is 10.7. The second-order valence-corrected chi connectivity index (χ2v) is 6.03. The van der Waals surface area contributed by atoms with Gasteiger partial charge >= 0.3 is 6.36 Å². The molecule has 5 nitrogen and oxygen atoms in total. The molecule has 2 aromatic carbocycles. The van der Waals surface area contributed by atoms with E-state index in [1.807, 2.05) is 0 Å². The zero-order chi connectivity index (χ0) is 17.6. The van der Waals surface area contributed by atoms with E-state index in [0.29, 0.717) is 35.2 Å². The Kier molecular flexibility index (Phi) is 3.55. The number of benzene rings is 2. The molecule has 0 saturated heterocycles. The Balaban J connectivity index is 1.74. The molecular formula is C17H13F3N2O3. The highest BCUT2D eigenvalue weighted by Crippen LogP contribution is 2.52. The normalized spacial score (nSPS) is 15.6. The Morgan fingerprint density at radius 2 is 1.88 bits per heavy atom. The van der Waals surface area contributed by atoms with Crippen LogP contribution in [0, 0.1) is 10.8 Å². The number of rotatable bonds is 6. The number of fused-ring (bicyclic) bond motifs is 1. The monoisotopic (exact) mass is 350 g/mol. The summed E-state index contributed by atoms with van der Waals surface area (Å²) in [5.41, 5.74) is 1.87. The van der Waals surface area contributed by atoms with Crippen molar-refractivity contribution in [1.82, 2.24) is 0 Å². The molecule has 0 unspecified atom stereocenters. The van der Waals surface area contributed by atoms with E-state index in [4.69, 9.17) is 4.74 Å². The minimum atomic E-state index is -4.82. The van der Waals surface area contributed by atoms with E-state index in [-0.39, 0.29) is 11.3 Å². The summed E-state index contributed by atoms with van der Waals surface area (Å²) in [7, 11) is 0. The first-order valence-electron chi connectivity index (χ1n) is 7.75. The highest BCUT2D eigenvalue weighted by molar-refractivity contribution is 5.96. The fraction of sp³-hybridized carbons (Fsp3) is 0.294. The summed E-state index contributed by atoms with van der Waals surface area (Å²) in [5, 5.41) is 3.98. The second-order valence-electron chi connectivity index (χ2n) is 6.03. The SMILES string of the molecule is O=NN1c2ccc(-c3c(OCC4CC4)cccc3OC(F)(F)F)cc21. The van der Waals surface area contributed by atoms with Gasteiger partial charge in [-0.3, -0.25) is 0 Å². The molecule has 0 bridgehead atoms. The number of nitroso groups, excluding NO2 is 1. The van der Waals surface area contributed by atoms with E-state index < -0.39 is 6.36 Å². The van der Waals surface area contributed by atoms with Crippen LogP contribution in [0.5, 0.6) is 11.5 Å². The molecule has 2 aromatic rings. The molecule has 0 amide bonds. The Morgan fingerprint density at radius 3 is 2.56 bits per heavy atom. The van der Waals surface area contributed by atoms with E-state index in [9.17, 15) is 18.1 Å². The van der Waals surface area contributed by atoms with Crippen LogP contribution in [-0.4, -0.2) is 13.0 Å². The Labute approximate surface area is 140 Å². The average Bonchev–Trinajstić information content (AvgIpc) is 3.46. The summed E-state index contributed by atoms with van der Waals surface area (Å²) >= 11 is 0. The van der Waals surface area contributed by atoms with E-state index in [1.165, 1.54) is 17.1 Å². The lowest BCUT2D eigenvalue weighted by atomic mass is 10.0. The number of nitrogens with zero attached hydrogens (tertiary/aromatic N) is 2. The molecule has 0 spiro atoms. The minimum absolute atomic E-state index is 0.209. The third-order valence-electron chi connectivity index (χ3n) is 4.14. The molecule has 1 aliphatic carbocycles. The Morgan fingerprint density at radius 1 is 1.12 bits per heavy atom. The van der Waals surface area contributed by atoms with Crippen LogP contribution >= 0.6 is 0 Å². The lowest BCUT2D eigenvalue weighted by molar-refractivity contribution is -0.274. The predicted molar refractivity (Wildman–Crippen MR) is 84.7 cm³/mol.